The van der Waals surface area contributed by atoms with Crippen molar-refractivity contribution in [2.24, 2.45) is 0 Å². The van der Waals surface area contributed by atoms with Crippen LogP contribution in [0.4, 0.5) is 5.69 Å². The van der Waals surface area contributed by atoms with Crippen LogP contribution < -0.4 is 4.90 Å². The summed E-state index contributed by atoms with van der Waals surface area (Å²) in [5.74, 6) is 0.0635. The number of benzene rings is 2. The summed E-state index contributed by atoms with van der Waals surface area (Å²) in [4.78, 5) is 15.5. The summed E-state index contributed by atoms with van der Waals surface area (Å²) in [7, 11) is 1.64. The highest BCUT2D eigenvalue weighted by atomic mass is 32.2. The zero-order valence-electron chi connectivity index (χ0n) is 13.6. The van der Waals surface area contributed by atoms with E-state index in [1.807, 2.05) is 40.9 Å². The first kappa shape index (κ1) is 16.1. The molecule has 0 spiro atoms. The van der Waals surface area contributed by atoms with Crippen LogP contribution >= 0.6 is 23.5 Å². The average molecular weight is 358 g/mol. The van der Waals surface area contributed by atoms with E-state index in [1.54, 1.807) is 18.9 Å². The van der Waals surface area contributed by atoms with Gasteiger partial charge in [0.25, 0.3) is 5.91 Å². The van der Waals surface area contributed by atoms with Gasteiger partial charge >= 0.3 is 0 Å². The molecule has 124 valence electrons. The summed E-state index contributed by atoms with van der Waals surface area (Å²) in [5, 5.41) is 0.288. The van der Waals surface area contributed by atoms with Gasteiger partial charge in [-0.2, -0.15) is 0 Å². The van der Waals surface area contributed by atoms with Crippen LogP contribution in [0.2, 0.25) is 0 Å². The number of carbonyl (C=O) groups is 1. The molecule has 0 aliphatic carbocycles. The van der Waals surface area contributed by atoms with E-state index >= 15 is 0 Å². The van der Waals surface area contributed by atoms with E-state index in [9.17, 15) is 4.79 Å². The van der Waals surface area contributed by atoms with Gasteiger partial charge in [-0.15, -0.1) is 23.5 Å². The van der Waals surface area contributed by atoms with Crippen LogP contribution in [0, 0.1) is 0 Å². The molecule has 5 heteroatoms. The molecule has 2 aromatic carbocycles. The highest BCUT2D eigenvalue weighted by Crippen LogP contribution is 2.58. The van der Waals surface area contributed by atoms with Crippen molar-refractivity contribution >= 4 is 35.1 Å². The predicted molar refractivity (Wildman–Crippen MR) is 101 cm³/mol. The number of fused-ring (bicyclic) bond motifs is 3. The number of hydrogen-bond donors (Lipinski definition) is 0. The van der Waals surface area contributed by atoms with E-state index in [-0.39, 0.29) is 22.1 Å². The molecule has 0 N–H and O–H groups in total. The summed E-state index contributed by atoms with van der Waals surface area (Å²) < 4.78 is 5.60. The number of nitrogens with zero attached hydrogens (tertiary/aromatic N) is 1. The van der Waals surface area contributed by atoms with Crippen molar-refractivity contribution in [1.82, 2.24) is 0 Å². The fraction of sp³-hybridized carbons (Fsp3) is 0.316. The largest absolute Gasteiger partial charge is 0.368 e. The van der Waals surface area contributed by atoms with E-state index < -0.39 is 0 Å². The molecule has 3 nitrogen and oxygen atoms in total. The van der Waals surface area contributed by atoms with Crippen molar-refractivity contribution in [3.05, 3.63) is 60.2 Å². The van der Waals surface area contributed by atoms with Gasteiger partial charge in [0, 0.05) is 17.3 Å². The standard InChI is InChI=1S/C19H19NO2S2/c1-22-17-18(21)20-14-10-6-7-11-15(14)24-16(12-19(17,20)23-2)13-8-4-3-5-9-13/h3-11,16-17H,12H2,1-2H3. The summed E-state index contributed by atoms with van der Waals surface area (Å²) >= 11 is 3.57. The minimum atomic E-state index is -0.384. The Labute approximate surface area is 150 Å². The Morgan fingerprint density at radius 2 is 1.88 bits per heavy atom. The molecule has 0 aromatic heterocycles. The number of hydrogen-bond acceptors (Lipinski definition) is 4. The number of thioether (sulfide) groups is 2. The lowest BCUT2D eigenvalue weighted by atomic mass is 9.89. The first-order valence-electron chi connectivity index (χ1n) is 7.94. The van der Waals surface area contributed by atoms with Crippen LogP contribution in [0.3, 0.4) is 0 Å². The smallest absolute Gasteiger partial charge is 0.260 e. The van der Waals surface area contributed by atoms with E-state index in [0.29, 0.717) is 0 Å². The lowest BCUT2D eigenvalue weighted by Gasteiger charge is -2.55. The lowest BCUT2D eigenvalue weighted by Crippen LogP contribution is -2.73. The topological polar surface area (TPSA) is 29.5 Å². The van der Waals surface area contributed by atoms with Gasteiger partial charge in [-0.3, -0.25) is 9.69 Å². The minimum Gasteiger partial charge on any atom is -0.368 e. The maximum absolute atomic E-state index is 12.7. The molecule has 2 aliphatic rings. The fourth-order valence-corrected chi connectivity index (χ4v) is 6.29. The third-order valence-electron chi connectivity index (χ3n) is 4.85. The number of rotatable bonds is 3. The third kappa shape index (κ3) is 2.22. The zero-order chi connectivity index (χ0) is 16.7. The number of amides is 1. The van der Waals surface area contributed by atoms with Gasteiger partial charge in [0.1, 0.15) is 4.87 Å². The molecule has 2 heterocycles. The molecule has 1 saturated heterocycles. The van der Waals surface area contributed by atoms with Crippen molar-refractivity contribution in [3.63, 3.8) is 0 Å². The Morgan fingerprint density at radius 3 is 2.58 bits per heavy atom. The van der Waals surface area contributed by atoms with Gasteiger partial charge in [0.15, 0.2) is 6.10 Å². The van der Waals surface area contributed by atoms with Crippen LogP contribution in [-0.2, 0) is 9.53 Å². The molecule has 2 aliphatic heterocycles. The van der Waals surface area contributed by atoms with Crippen molar-refractivity contribution < 1.29 is 9.53 Å². The van der Waals surface area contributed by atoms with Crippen molar-refractivity contribution in [1.29, 1.82) is 0 Å². The molecule has 0 bridgehead atoms. The second kappa shape index (κ2) is 6.14. The summed E-state index contributed by atoms with van der Waals surface area (Å²) in [6.45, 7) is 0. The minimum absolute atomic E-state index is 0.0635. The van der Waals surface area contributed by atoms with Gasteiger partial charge in [-0.1, -0.05) is 42.5 Å². The molecule has 0 saturated carbocycles. The normalized spacial score (nSPS) is 28.6. The Bertz CT molecular complexity index is 767. The number of carbonyl (C=O) groups excluding carboxylic acids is 1. The Kier molecular flexibility index (Phi) is 4.11. The SMILES string of the molecule is COC1C(=O)N2c3ccccc3SC(c3ccccc3)CC12SC. The highest BCUT2D eigenvalue weighted by Gasteiger charge is 2.63. The molecule has 2 aromatic rings. The summed E-state index contributed by atoms with van der Waals surface area (Å²) in [6, 6.07) is 18.7. The maximum atomic E-state index is 12.7. The number of methoxy groups -OCH3 is 1. The molecule has 0 radical (unpaired) electrons. The van der Waals surface area contributed by atoms with E-state index in [2.05, 4.69) is 36.6 Å². The second-order valence-electron chi connectivity index (χ2n) is 6.03. The molecular formula is C19H19NO2S2. The van der Waals surface area contributed by atoms with Crippen molar-refractivity contribution in [3.8, 4) is 0 Å². The Hall–Kier alpha value is -1.43. The van der Waals surface area contributed by atoms with Crippen LogP contribution in [-0.4, -0.2) is 30.2 Å². The fourth-order valence-electron chi connectivity index (χ4n) is 3.69. The quantitative estimate of drug-likeness (QED) is 0.764. The number of β-lactam (4-membered cyclic amide) rings is 1. The molecular weight excluding hydrogens is 338 g/mol. The predicted octanol–water partition coefficient (Wildman–Crippen LogP) is 4.34. The van der Waals surface area contributed by atoms with Gasteiger partial charge in [0.05, 0.1) is 5.69 Å². The van der Waals surface area contributed by atoms with Crippen molar-refractivity contribution in [2.45, 2.75) is 27.5 Å². The van der Waals surface area contributed by atoms with Gasteiger partial charge in [0.2, 0.25) is 0 Å². The van der Waals surface area contributed by atoms with E-state index in [4.69, 9.17) is 4.74 Å². The monoisotopic (exact) mass is 357 g/mol. The Balaban J connectivity index is 1.85. The Morgan fingerprint density at radius 1 is 1.17 bits per heavy atom. The first-order chi connectivity index (χ1) is 11.7. The lowest BCUT2D eigenvalue weighted by molar-refractivity contribution is -0.141. The van der Waals surface area contributed by atoms with Gasteiger partial charge in [-0.25, -0.2) is 0 Å². The number of anilines is 1. The highest BCUT2D eigenvalue weighted by molar-refractivity contribution is 8.01. The summed E-state index contributed by atoms with van der Waals surface area (Å²) in [6.07, 6.45) is 2.55. The summed E-state index contributed by atoms with van der Waals surface area (Å²) in [5.41, 5.74) is 2.30. The third-order valence-corrected chi connectivity index (χ3v) is 7.44. The molecule has 1 amide bonds. The van der Waals surface area contributed by atoms with E-state index in [1.165, 1.54) is 5.56 Å². The van der Waals surface area contributed by atoms with Gasteiger partial charge in [-0.05, 0) is 30.4 Å². The maximum Gasteiger partial charge on any atom is 0.260 e. The first-order valence-corrected chi connectivity index (χ1v) is 10.0. The average Bonchev–Trinajstić information content (AvgIpc) is 2.75. The van der Waals surface area contributed by atoms with Crippen LogP contribution in [0.25, 0.3) is 0 Å². The van der Waals surface area contributed by atoms with Crippen LogP contribution in [0.15, 0.2) is 59.5 Å². The van der Waals surface area contributed by atoms with Crippen molar-refractivity contribution in [2.75, 3.05) is 18.3 Å². The second-order valence-corrected chi connectivity index (χ2v) is 8.39. The van der Waals surface area contributed by atoms with E-state index in [0.717, 1.165) is 17.0 Å². The van der Waals surface area contributed by atoms with Crippen LogP contribution in [0.1, 0.15) is 17.2 Å². The number of para-hydroxylation sites is 1. The molecule has 24 heavy (non-hydrogen) atoms. The van der Waals surface area contributed by atoms with Gasteiger partial charge < -0.3 is 4.74 Å². The molecule has 3 unspecified atom stereocenters. The number of ether oxygens (including phenoxy) is 1. The molecule has 4 rings (SSSR count). The molecule has 1 fully saturated rings. The molecule has 3 atom stereocenters. The zero-order valence-corrected chi connectivity index (χ0v) is 15.3. The van der Waals surface area contributed by atoms with Crippen LogP contribution in [0.5, 0.6) is 0 Å².